The van der Waals surface area contributed by atoms with Gasteiger partial charge in [-0.3, -0.25) is 9.36 Å². The standard InChI is InChI=1S/C12H12ClN3O/c1-8-4-12(17)16(7-15-8)6-9-2-3-10(14)5-11(9)13/h2-5,7H,6,14H2,1H3. The van der Waals surface area contributed by atoms with Crippen molar-refractivity contribution in [2.24, 2.45) is 0 Å². The second kappa shape index (κ2) is 4.59. The molecule has 17 heavy (non-hydrogen) atoms. The van der Waals surface area contributed by atoms with Gasteiger partial charge in [-0.05, 0) is 24.6 Å². The van der Waals surface area contributed by atoms with Crippen LogP contribution >= 0.6 is 11.6 Å². The van der Waals surface area contributed by atoms with E-state index in [9.17, 15) is 4.79 Å². The summed E-state index contributed by atoms with van der Waals surface area (Å²) in [4.78, 5) is 15.8. The molecule has 0 aliphatic rings. The molecule has 2 N–H and O–H groups in total. The maximum absolute atomic E-state index is 11.7. The lowest BCUT2D eigenvalue weighted by Gasteiger charge is -2.07. The molecule has 0 radical (unpaired) electrons. The number of hydrogen-bond donors (Lipinski definition) is 1. The molecular weight excluding hydrogens is 238 g/mol. The Kier molecular flexibility index (Phi) is 3.15. The zero-order valence-corrected chi connectivity index (χ0v) is 10.1. The summed E-state index contributed by atoms with van der Waals surface area (Å²) in [6, 6.07) is 6.73. The highest BCUT2D eigenvalue weighted by Gasteiger charge is 2.03. The normalized spacial score (nSPS) is 10.5. The Balaban J connectivity index is 2.35. The first-order valence-corrected chi connectivity index (χ1v) is 5.51. The number of anilines is 1. The summed E-state index contributed by atoms with van der Waals surface area (Å²) in [6.07, 6.45) is 1.52. The van der Waals surface area contributed by atoms with Gasteiger partial charge in [-0.15, -0.1) is 0 Å². The first-order chi connectivity index (χ1) is 8.06. The van der Waals surface area contributed by atoms with Crippen molar-refractivity contribution in [2.45, 2.75) is 13.5 Å². The van der Waals surface area contributed by atoms with Crippen molar-refractivity contribution < 1.29 is 0 Å². The molecule has 1 aromatic carbocycles. The van der Waals surface area contributed by atoms with Gasteiger partial charge in [-0.25, -0.2) is 4.98 Å². The minimum Gasteiger partial charge on any atom is -0.399 e. The summed E-state index contributed by atoms with van der Waals surface area (Å²) in [5.74, 6) is 0. The summed E-state index contributed by atoms with van der Waals surface area (Å²) < 4.78 is 1.50. The lowest BCUT2D eigenvalue weighted by Crippen LogP contribution is -2.20. The minimum absolute atomic E-state index is 0.0922. The van der Waals surface area contributed by atoms with Gasteiger partial charge in [0, 0.05) is 22.5 Å². The van der Waals surface area contributed by atoms with Crippen LogP contribution in [0.3, 0.4) is 0 Å². The highest BCUT2D eigenvalue weighted by molar-refractivity contribution is 6.31. The fourth-order valence-corrected chi connectivity index (χ4v) is 1.76. The highest BCUT2D eigenvalue weighted by atomic mass is 35.5. The molecule has 0 aliphatic carbocycles. The smallest absolute Gasteiger partial charge is 0.253 e. The maximum atomic E-state index is 11.7. The molecular formula is C12H12ClN3O. The van der Waals surface area contributed by atoms with Gasteiger partial charge >= 0.3 is 0 Å². The number of halogens is 1. The van der Waals surface area contributed by atoms with E-state index >= 15 is 0 Å². The van der Waals surface area contributed by atoms with Gasteiger partial charge in [0.05, 0.1) is 12.9 Å². The van der Waals surface area contributed by atoms with Crippen molar-refractivity contribution >= 4 is 17.3 Å². The molecule has 2 rings (SSSR count). The number of benzene rings is 1. The van der Waals surface area contributed by atoms with Crippen LogP contribution in [0.1, 0.15) is 11.3 Å². The third kappa shape index (κ3) is 2.65. The number of rotatable bonds is 2. The van der Waals surface area contributed by atoms with Crippen LogP contribution in [0.5, 0.6) is 0 Å². The summed E-state index contributed by atoms with van der Waals surface area (Å²) in [6.45, 7) is 2.17. The molecule has 0 atom stereocenters. The van der Waals surface area contributed by atoms with E-state index in [1.54, 1.807) is 19.1 Å². The summed E-state index contributed by atoms with van der Waals surface area (Å²) >= 11 is 6.05. The lowest BCUT2D eigenvalue weighted by molar-refractivity contribution is 0.730. The first kappa shape index (κ1) is 11.7. The van der Waals surface area contributed by atoms with Crippen LogP contribution in [0.15, 0.2) is 35.4 Å². The summed E-state index contributed by atoms with van der Waals surface area (Å²) in [5.41, 5.74) is 7.66. The minimum atomic E-state index is -0.0922. The van der Waals surface area contributed by atoms with E-state index in [0.717, 1.165) is 5.56 Å². The number of nitrogens with zero attached hydrogens (tertiary/aromatic N) is 2. The number of aryl methyl sites for hydroxylation is 1. The first-order valence-electron chi connectivity index (χ1n) is 5.13. The van der Waals surface area contributed by atoms with Crippen LogP contribution in [0.25, 0.3) is 0 Å². The van der Waals surface area contributed by atoms with Gasteiger partial charge in [-0.2, -0.15) is 0 Å². The van der Waals surface area contributed by atoms with Crippen LogP contribution in [0, 0.1) is 6.92 Å². The zero-order valence-electron chi connectivity index (χ0n) is 9.35. The second-order valence-electron chi connectivity index (χ2n) is 3.85. The highest BCUT2D eigenvalue weighted by Crippen LogP contribution is 2.19. The van der Waals surface area contributed by atoms with E-state index in [2.05, 4.69) is 4.98 Å². The van der Waals surface area contributed by atoms with Crippen molar-refractivity contribution in [3.63, 3.8) is 0 Å². The average Bonchev–Trinajstić information content (AvgIpc) is 2.25. The van der Waals surface area contributed by atoms with E-state index in [1.807, 2.05) is 6.07 Å². The Morgan fingerprint density at radius 3 is 2.82 bits per heavy atom. The Morgan fingerprint density at radius 1 is 1.41 bits per heavy atom. The average molecular weight is 250 g/mol. The lowest BCUT2D eigenvalue weighted by atomic mass is 10.2. The molecule has 0 amide bonds. The molecule has 0 saturated carbocycles. The van der Waals surface area contributed by atoms with Crippen molar-refractivity contribution in [3.05, 3.63) is 57.2 Å². The van der Waals surface area contributed by atoms with Crippen LogP contribution in [-0.2, 0) is 6.54 Å². The topological polar surface area (TPSA) is 60.9 Å². The Hall–Kier alpha value is -1.81. The van der Waals surface area contributed by atoms with E-state index in [1.165, 1.54) is 17.0 Å². The van der Waals surface area contributed by atoms with E-state index in [4.69, 9.17) is 17.3 Å². The molecule has 4 nitrogen and oxygen atoms in total. The van der Waals surface area contributed by atoms with Crippen LogP contribution in [0.4, 0.5) is 5.69 Å². The largest absolute Gasteiger partial charge is 0.399 e. The fraction of sp³-hybridized carbons (Fsp3) is 0.167. The predicted molar refractivity (Wildman–Crippen MR) is 68.2 cm³/mol. The van der Waals surface area contributed by atoms with Gasteiger partial charge in [0.15, 0.2) is 0 Å². The van der Waals surface area contributed by atoms with Crippen LogP contribution in [0.2, 0.25) is 5.02 Å². The van der Waals surface area contributed by atoms with Gasteiger partial charge in [0.25, 0.3) is 5.56 Å². The third-order valence-corrected chi connectivity index (χ3v) is 2.79. The maximum Gasteiger partial charge on any atom is 0.253 e. The zero-order chi connectivity index (χ0) is 12.4. The molecule has 0 bridgehead atoms. The van der Waals surface area contributed by atoms with Crippen molar-refractivity contribution in [1.82, 2.24) is 9.55 Å². The predicted octanol–water partition coefficient (Wildman–Crippen LogP) is 1.84. The molecule has 1 aromatic heterocycles. The Bertz CT molecular complexity index is 607. The Morgan fingerprint density at radius 2 is 2.18 bits per heavy atom. The molecule has 0 saturated heterocycles. The summed E-state index contributed by atoms with van der Waals surface area (Å²) in [7, 11) is 0. The molecule has 2 aromatic rings. The Labute approximate surface area is 104 Å². The second-order valence-corrected chi connectivity index (χ2v) is 4.25. The molecule has 5 heteroatoms. The van der Waals surface area contributed by atoms with Crippen LogP contribution in [-0.4, -0.2) is 9.55 Å². The monoisotopic (exact) mass is 249 g/mol. The molecule has 0 aliphatic heterocycles. The van der Waals surface area contributed by atoms with Gasteiger partial charge in [0.2, 0.25) is 0 Å². The summed E-state index contributed by atoms with van der Waals surface area (Å²) in [5, 5.41) is 0.553. The van der Waals surface area contributed by atoms with Crippen molar-refractivity contribution in [1.29, 1.82) is 0 Å². The molecule has 0 fully saturated rings. The van der Waals surface area contributed by atoms with Gasteiger partial charge < -0.3 is 5.73 Å². The molecule has 0 unspecified atom stereocenters. The molecule has 88 valence electrons. The van der Waals surface area contributed by atoms with Crippen molar-refractivity contribution in [2.75, 3.05) is 5.73 Å². The number of nitrogens with two attached hydrogens (primary N) is 1. The van der Waals surface area contributed by atoms with Gasteiger partial charge in [0.1, 0.15) is 0 Å². The number of nitrogen functional groups attached to an aromatic ring is 1. The molecule has 1 heterocycles. The SMILES string of the molecule is Cc1cc(=O)n(Cc2ccc(N)cc2Cl)cn1. The van der Waals surface area contributed by atoms with E-state index in [-0.39, 0.29) is 5.56 Å². The fourth-order valence-electron chi connectivity index (χ4n) is 1.51. The van der Waals surface area contributed by atoms with Gasteiger partial charge in [-0.1, -0.05) is 17.7 Å². The number of aromatic nitrogens is 2. The van der Waals surface area contributed by atoms with Crippen molar-refractivity contribution in [3.8, 4) is 0 Å². The van der Waals surface area contributed by atoms with E-state index < -0.39 is 0 Å². The quantitative estimate of drug-likeness (QED) is 0.826. The number of hydrogen-bond acceptors (Lipinski definition) is 3. The third-order valence-electron chi connectivity index (χ3n) is 2.43. The van der Waals surface area contributed by atoms with Crippen LogP contribution < -0.4 is 11.3 Å². The molecule has 0 spiro atoms. The van der Waals surface area contributed by atoms with E-state index in [0.29, 0.717) is 22.9 Å².